The summed E-state index contributed by atoms with van der Waals surface area (Å²) in [4.78, 5) is 0. The SMILES string of the molecule is [Fe].[Fe].[Fe].[Ho]. The van der Waals surface area contributed by atoms with Crippen LogP contribution >= 0.6 is 0 Å². The first-order chi connectivity index (χ1) is 0. The van der Waals surface area contributed by atoms with E-state index in [9.17, 15) is 0 Å². The Balaban J connectivity index is 0. The predicted octanol–water partition coefficient (Wildman–Crippen LogP) is -0.00750. The molecule has 0 heterocycles. The standard InChI is InChI=1S/3Fe.Ho. The van der Waals surface area contributed by atoms with Crippen molar-refractivity contribution >= 4 is 0 Å². The maximum atomic E-state index is 0. The second-order valence-corrected chi connectivity index (χ2v) is 0. The summed E-state index contributed by atoms with van der Waals surface area (Å²) in [5.41, 5.74) is 0. The molecule has 0 aliphatic heterocycles. The molecule has 0 amide bonds. The molecule has 0 saturated carbocycles. The molecule has 0 N–H and O–H groups in total. The average Bonchev–Trinajstić information content (AvgIpc) is 0. The monoisotopic (exact) mass is 333 g/mol. The topological polar surface area (TPSA) is 0 Å². The molecule has 0 aromatic rings. The zero-order valence-electron chi connectivity index (χ0n) is 1.36. The molecule has 0 atom stereocenters. The zero-order chi connectivity index (χ0) is 0. The average molecular weight is 332 g/mol. The molecule has 0 unspecified atom stereocenters. The molecule has 4 heavy (non-hydrogen) atoms. The smallest absolute Gasteiger partial charge is 0 e. The molecule has 1 radical (unpaired) electrons. The Kier molecular flexibility index (Phi) is 124. The van der Waals surface area contributed by atoms with E-state index in [4.69, 9.17) is 0 Å². The quantitative estimate of drug-likeness (QED) is 0.548. The molecule has 4 heteroatoms. The molecule has 0 aliphatic rings. The van der Waals surface area contributed by atoms with Gasteiger partial charge in [0.05, 0.1) is 0 Å². The van der Waals surface area contributed by atoms with E-state index in [1.54, 1.807) is 0 Å². The summed E-state index contributed by atoms with van der Waals surface area (Å²) in [6.45, 7) is 0. The van der Waals surface area contributed by atoms with Crippen LogP contribution in [0.4, 0.5) is 0 Å². The van der Waals surface area contributed by atoms with Crippen LogP contribution in [-0.2, 0) is 51.2 Å². The molecule has 0 aromatic heterocycles. The van der Waals surface area contributed by atoms with Gasteiger partial charge in [-0.3, -0.25) is 0 Å². The number of hydrogen-bond donors (Lipinski definition) is 0. The fraction of sp³-hybridized carbons (Fsp3) is 0. The van der Waals surface area contributed by atoms with Crippen LogP contribution in [0.3, 0.4) is 0 Å². The molecule has 35 valence electrons. The maximum absolute atomic E-state index is 0. The normalized spacial score (nSPS) is 0. The summed E-state index contributed by atoms with van der Waals surface area (Å²) in [6.07, 6.45) is 0. The van der Waals surface area contributed by atoms with Crippen molar-refractivity contribution in [3.05, 3.63) is 0 Å². The molecule has 0 rings (SSSR count). The first-order valence-corrected chi connectivity index (χ1v) is 0. The molecule has 0 spiro atoms. The zero-order valence-corrected chi connectivity index (χ0v) is 6.61. The predicted molar refractivity (Wildman–Crippen MR) is 0 cm³/mol. The number of hydrogen-bond acceptors (Lipinski definition) is 0. The van der Waals surface area contributed by atoms with Crippen molar-refractivity contribution in [3.63, 3.8) is 0 Å². The molecule has 0 bridgehead atoms. The summed E-state index contributed by atoms with van der Waals surface area (Å²) in [5.74, 6) is 0. The van der Waals surface area contributed by atoms with Crippen LogP contribution in [-0.4, -0.2) is 0 Å². The van der Waals surface area contributed by atoms with Crippen molar-refractivity contribution in [1.82, 2.24) is 0 Å². The van der Waals surface area contributed by atoms with Crippen LogP contribution in [0.1, 0.15) is 0 Å². The maximum Gasteiger partial charge on any atom is 0 e. The minimum atomic E-state index is 0. The summed E-state index contributed by atoms with van der Waals surface area (Å²) >= 11 is 0. The van der Waals surface area contributed by atoms with Gasteiger partial charge in [0.15, 0.2) is 0 Å². The summed E-state index contributed by atoms with van der Waals surface area (Å²) in [5, 5.41) is 0. The van der Waals surface area contributed by atoms with Gasteiger partial charge in [-0.05, 0) is 0 Å². The van der Waals surface area contributed by atoms with E-state index in [1.807, 2.05) is 0 Å². The van der Waals surface area contributed by atoms with Crippen molar-refractivity contribution in [2.75, 3.05) is 0 Å². The van der Waals surface area contributed by atoms with E-state index < -0.39 is 0 Å². The van der Waals surface area contributed by atoms with Crippen LogP contribution in [0.15, 0.2) is 0 Å². The van der Waals surface area contributed by atoms with Crippen LogP contribution in [0.2, 0.25) is 0 Å². The molecule has 0 aliphatic carbocycles. The molecule has 0 nitrogen and oxygen atoms in total. The van der Waals surface area contributed by atoms with Crippen LogP contribution in [0, 0.1) is 37.7 Å². The van der Waals surface area contributed by atoms with Crippen molar-refractivity contribution in [1.29, 1.82) is 0 Å². The summed E-state index contributed by atoms with van der Waals surface area (Å²) in [6, 6.07) is 0. The fourth-order valence-electron chi connectivity index (χ4n) is 0. The Bertz CT molecular complexity index is 3.25. The molecule has 0 fully saturated rings. The van der Waals surface area contributed by atoms with Gasteiger partial charge in [0.2, 0.25) is 0 Å². The third kappa shape index (κ3) is 8.84. The Morgan fingerprint density at radius 2 is 0.500 bits per heavy atom. The van der Waals surface area contributed by atoms with E-state index in [0.717, 1.165) is 0 Å². The van der Waals surface area contributed by atoms with Gasteiger partial charge in [0.25, 0.3) is 0 Å². The van der Waals surface area contributed by atoms with E-state index >= 15 is 0 Å². The van der Waals surface area contributed by atoms with Gasteiger partial charge in [-0.2, -0.15) is 0 Å². The van der Waals surface area contributed by atoms with Gasteiger partial charge in [0.1, 0.15) is 0 Å². The minimum Gasteiger partial charge on any atom is 0 e. The molecular weight excluding hydrogens is 332 g/mol. The van der Waals surface area contributed by atoms with Gasteiger partial charge < -0.3 is 0 Å². The fourth-order valence-corrected chi connectivity index (χ4v) is 0. The van der Waals surface area contributed by atoms with Gasteiger partial charge in [-0.1, -0.05) is 0 Å². The number of rotatable bonds is 0. The van der Waals surface area contributed by atoms with Gasteiger partial charge in [-0.15, -0.1) is 0 Å². The molecular formula is Fe3Ho. The van der Waals surface area contributed by atoms with Crippen molar-refractivity contribution in [2.45, 2.75) is 0 Å². The Morgan fingerprint density at radius 1 is 0.500 bits per heavy atom. The Morgan fingerprint density at radius 3 is 0.500 bits per heavy atom. The van der Waals surface area contributed by atoms with Crippen molar-refractivity contribution in [2.24, 2.45) is 0 Å². The third-order valence-corrected chi connectivity index (χ3v) is 0. The van der Waals surface area contributed by atoms with Crippen LogP contribution in [0.25, 0.3) is 0 Å². The van der Waals surface area contributed by atoms with Crippen molar-refractivity contribution in [3.8, 4) is 0 Å². The van der Waals surface area contributed by atoms with Gasteiger partial charge in [-0.25, -0.2) is 0 Å². The molecule has 0 aromatic carbocycles. The minimum absolute atomic E-state index is 0. The van der Waals surface area contributed by atoms with Gasteiger partial charge in [0, 0.05) is 88.9 Å². The Hall–Kier alpha value is 2.82. The van der Waals surface area contributed by atoms with E-state index in [2.05, 4.69) is 0 Å². The Labute approximate surface area is 87.3 Å². The summed E-state index contributed by atoms with van der Waals surface area (Å²) < 4.78 is 0. The first-order valence-electron chi connectivity index (χ1n) is 0. The third-order valence-electron chi connectivity index (χ3n) is 0. The van der Waals surface area contributed by atoms with Crippen LogP contribution in [0.5, 0.6) is 0 Å². The van der Waals surface area contributed by atoms with E-state index in [-0.39, 0.29) is 88.9 Å². The second-order valence-electron chi connectivity index (χ2n) is 0. The van der Waals surface area contributed by atoms with Crippen LogP contribution < -0.4 is 0 Å². The largest absolute Gasteiger partial charge is 0 e. The van der Waals surface area contributed by atoms with Crippen molar-refractivity contribution < 1.29 is 88.9 Å². The first kappa shape index (κ1) is 29.1. The summed E-state index contributed by atoms with van der Waals surface area (Å²) in [7, 11) is 0. The van der Waals surface area contributed by atoms with E-state index in [0.29, 0.717) is 0 Å². The molecule has 0 saturated heterocycles. The van der Waals surface area contributed by atoms with E-state index in [1.165, 1.54) is 0 Å². The second kappa shape index (κ2) is 17.0. The van der Waals surface area contributed by atoms with Gasteiger partial charge >= 0.3 is 0 Å².